The summed E-state index contributed by atoms with van der Waals surface area (Å²) in [5.74, 6) is 0.860. The van der Waals surface area contributed by atoms with Gasteiger partial charge in [0.1, 0.15) is 6.10 Å². The molecular weight excluding hydrogens is 298 g/mol. The molecule has 1 aromatic rings. The van der Waals surface area contributed by atoms with E-state index >= 15 is 0 Å². The van der Waals surface area contributed by atoms with Gasteiger partial charge in [-0.2, -0.15) is 0 Å². The Hall–Kier alpha value is -1.30. The molecule has 0 N–H and O–H groups in total. The zero-order chi connectivity index (χ0) is 15.2. The molecular formula is C16H23N3O2S. The maximum absolute atomic E-state index is 12.4. The molecule has 2 heterocycles. The second-order valence-electron chi connectivity index (χ2n) is 5.97. The average Bonchev–Trinajstić information content (AvgIpc) is 3.07. The summed E-state index contributed by atoms with van der Waals surface area (Å²) in [4.78, 5) is 22.5. The zero-order valence-electron chi connectivity index (χ0n) is 12.8. The van der Waals surface area contributed by atoms with Crippen LogP contribution in [0.1, 0.15) is 38.5 Å². The minimum absolute atomic E-state index is 0.0107. The first-order valence-corrected chi connectivity index (χ1v) is 9.19. The van der Waals surface area contributed by atoms with Crippen molar-refractivity contribution >= 4 is 17.7 Å². The summed E-state index contributed by atoms with van der Waals surface area (Å²) in [6.45, 7) is 1.50. The molecule has 1 saturated heterocycles. The lowest BCUT2D eigenvalue weighted by Gasteiger charge is -2.32. The van der Waals surface area contributed by atoms with Crippen LogP contribution >= 0.6 is 11.8 Å². The standard InChI is InChI=1S/C16H23N3O2S/c20-15(12-22-14-6-1-2-7-14)19-10-3-5-13(11-19)21-16-17-8-4-9-18-16/h4,8-9,13-14H,1-3,5-7,10-12H2. The first kappa shape index (κ1) is 15.6. The molecule has 5 nitrogen and oxygen atoms in total. The number of amides is 1. The number of thioether (sulfide) groups is 1. The second kappa shape index (κ2) is 7.81. The van der Waals surface area contributed by atoms with Gasteiger partial charge in [0.05, 0.1) is 12.3 Å². The summed E-state index contributed by atoms with van der Waals surface area (Å²) in [5, 5.41) is 0.693. The highest BCUT2D eigenvalue weighted by atomic mass is 32.2. The van der Waals surface area contributed by atoms with Gasteiger partial charge in [0.25, 0.3) is 0 Å². The smallest absolute Gasteiger partial charge is 0.316 e. The lowest BCUT2D eigenvalue weighted by molar-refractivity contribution is -0.131. The predicted octanol–water partition coefficient (Wildman–Crippen LogP) is 2.52. The van der Waals surface area contributed by atoms with Gasteiger partial charge in [-0.05, 0) is 31.7 Å². The molecule has 1 unspecified atom stereocenters. The van der Waals surface area contributed by atoms with Crippen LogP contribution in [0, 0.1) is 0 Å². The SMILES string of the molecule is O=C(CSC1CCCC1)N1CCCC(Oc2ncccn2)C1. The number of rotatable bonds is 5. The largest absolute Gasteiger partial charge is 0.458 e. The molecule has 1 aromatic heterocycles. The molecule has 0 bridgehead atoms. The summed E-state index contributed by atoms with van der Waals surface area (Å²) >= 11 is 1.83. The number of hydrogen-bond donors (Lipinski definition) is 0. The molecule has 1 atom stereocenters. The van der Waals surface area contributed by atoms with E-state index in [1.807, 2.05) is 16.7 Å². The maximum atomic E-state index is 12.4. The highest BCUT2D eigenvalue weighted by molar-refractivity contribution is 8.00. The Kier molecular flexibility index (Phi) is 5.53. The van der Waals surface area contributed by atoms with Gasteiger partial charge < -0.3 is 9.64 Å². The van der Waals surface area contributed by atoms with Gasteiger partial charge in [-0.3, -0.25) is 4.79 Å². The van der Waals surface area contributed by atoms with E-state index in [1.165, 1.54) is 25.7 Å². The van der Waals surface area contributed by atoms with Crippen LogP contribution in [0.4, 0.5) is 0 Å². The molecule has 3 rings (SSSR count). The summed E-state index contributed by atoms with van der Waals surface area (Å²) in [7, 11) is 0. The molecule has 1 amide bonds. The number of ether oxygens (including phenoxy) is 1. The van der Waals surface area contributed by atoms with Crippen molar-refractivity contribution in [2.24, 2.45) is 0 Å². The van der Waals surface area contributed by atoms with Crippen LogP contribution in [-0.2, 0) is 4.79 Å². The fraction of sp³-hybridized carbons (Fsp3) is 0.688. The molecule has 0 spiro atoms. The van der Waals surface area contributed by atoms with Crippen LogP contribution in [0.3, 0.4) is 0 Å². The lowest BCUT2D eigenvalue weighted by Crippen LogP contribution is -2.45. The number of aromatic nitrogens is 2. The first-order valence-electron chi connectivity index (χ1n) is 8.14. The Balaban J connectivity index is 1.46. The molecule has 1 aliphatic heterocycles. The van der Waals surface area contributed by atoms with Crippen molar-refractivity contribution in [2.75, 3.05) is 18.8 Å². The van der Waals surface area contributed by atoms with Crippen LogP contribution in [0.2, 0.25) is 0 Å². The van der Waals surface area contributed by atoms with Gasteiger partial charge in [0, 0.05) is 24.2 Å². The van der Waals surface area contributed by atoms with Crippen molar-refractivity contribution < 1.29 is 9.53 Å². The molecule has 120 valence electrons. The van der Waals surface area contributed by atoms with E-state index in [0.717, 1.165) is 19.4 Å². The molecule has 0 aromatic carbocycles. The van der Waals surface area contributed by atoms with E-state index in [9.17, 15) is 4.79 Å². The molecule has 0 radical (unpaired) electrons. The van der Waals surface area contributed by atoms with Crippen molar-refractivity contribution in [2.45, 2.75) is 49.9 Å². The van der Waals surface area contributed by atoms with Crippen LogP contribution in [0.25, 0.3) is 0 Å². The molecule has 6 heteroatoms. The van der Waals surface area contributed by atoms with Crippen molar-refractivity contribution in [1.82, 2.24) is 14.9 Å². The number of nitrogens with zero attached hydrogens (tertiary/aromatic N) is 3. The normalized spacial score (nSPS) is 22.7. The summed E-state index contributed by atoms with van der Waals surface area (Å²) in [6.07, 6.45) is 10.5. The Labute approximate surface area is 135 Å². The van der Waals surface area contributed by atoms with Gasteiger partial charge in [0.2, 0.25) is 5.91 Å². The minimum Gasteiger partial charge on any atom is -0.458 e. The van der Waals surface area contributed by atoms with E-state index in [2.05, 4.69) is 9.97 Å². The van der Waals surface area contributed by atoms with Crippen LogP contribution in [0.5, 0.6) is 6.01 Å². The quantitative estimate of drug-likeness (QED) is 0.834. The van der Waals surface area contributed by atoms with Crippen molar-refractivity contribution in [1.29, 1.82) is 0 Å². The average molecular weight is 321 g/mol. The Morgan fingerprint density at radius 3 is 2.77 bits per heavy atom. The predicted molar refractivity (Wildman–Crippen MR) is 87.0 cm³/mol. The maximum Gasteiger partial charge on any atom is 0.316 e. The third-order valence-corrected chi connectivity index (χ3v) is 5.65. The van der Waals surface area contributed by atoms with Crippen molar-refractivity contribution in [3.8, 4) is 6.01 Å². The van der Waals surface area contributed by atoms with Gasteiger partial charge in [-0.15, -0.1) is 11.8 Å². The third-order valence-electron chi connectivity index (χ3n) is 4.29. The topological polar surface area (TPSA) is 55.3 Å². The number of carbonyl (C=O) groups excluding carboxylic acids is 1. The monoisotopic (exact) mass is 321 g/mol. The van der Waals surface area contributed by atoms with Gasteiger partial charge in [-0.1, -0.05) is 12.8 Å². The number of likely N-dealkylation sites (tertiary alicyclic amines) is 1. The number of carbonyl (C=O) groups is 1. The zero-order valence-corrected chi connectivity index (χ0v) is 13.6. The third kappa shape index (κ3) is 4.35. The lowest BCUT2D eigenvalue weighted by atomic mass is 10.1. The molecule has 1 saturated carbocycles. The second-order valence-corrected chi connectivity index (χ2v) is 7.26. The fourth-order valence-corrected chi connectivity index (χ4v) is 4.32. The van der Waals surface area contributed by atoms with E-state index in [4.69, 9.17) is 4.74 Å². The number of hydrogen-bond acceptors (Lipinski definition) is 5. The minimum atomic E-state index is 0.0107. The van der Waals surface area contributed by atoms with E-state index < -0.39 is 0 Å². The van der Waals surface area contributed by atoms with E-state index in [0.29, 0.717) is 23.6 Å². The van der Waals surface area contributed by atoms with Crippen LogP contribution < -0.4 is 4.74 Å². The van der Waals surface area contributed by atoms with E-state index in [1.54, 1.807) is 18.5 Å². The van der Waals surface area contributed by atoms with Crippen molar-refractivity contribution in [3.63, 3.8) is 0 Å². The Morgan fingerprint density at radius 2 is 2.00 bits per heavy atom. The van der Waals surface area contributed by atoms with E-state index in [-0.39, 0.29) is 12.0 Å². The number of piperidine rings is 1. The molecule has 22 heavy (non-hydrogen) atoms. The fourth-order valence-electron chi connectivity index (χ4n) is 3.09. The summed E-state index contributed by atoms with van der Waals surface area (Å²) in [5.41, 5.74) is 0. The van der Waals surface area contributed by atoms with Gasteiger partial charge in [0.15, 0.2) is 0 Å². The highest BCUT2D eigenvalue weighted by Crippen LogP contribution is 2.29. The Bertz CT molecular complexity index is 480. The highest BCUT2D eigenvalue weighted by Gasteiger charge is 2.26. The van der Waals surface area contributed by atoms with Crippen LogP contribution in [0.15, 0.2) is 18.5 Å². The summed E-state index contributed by atoms with van der Waals surface area (Å²) < 4.78 is 5.79. The first-order chi connectivity index (χ1) is 10.8. The van der Waals surface area contributed by atoms with Gasteiger partial charge in [-0.25, -0.2) is 9.97 Å². The Morgan fingerprint density at radius 1 is 1.23 bits per heavy atom. The van der Waals surface area contributed by atoms with Crippen molar-refractivity contribution in [3.05, 3.63) is 18.5 Å². The van der Waals surface area contributed by atoms with Crippen LogP contribution in [-0.4, -0.2) is 51.0 Å². The molecule has 2 fully saturated rings. The van der Waals surface area contributed by atoms with Gasteiger partial charge >= 0.3 is 6.01 Å². The molecule has 2 aliphatic rings. The summed E-state index contributed by atoms with van der Waals surface area (Å²) in [6, 6.07) is 2.17. The molecule has 1 aliphatic carbocycles.